The summed E-state index contributed by atoms with van der Waals surface area (Å²) in [7, 11) is 0. The van der Waals surface area contributed by atoms with Gasteiger partial charge in [-0.3, -0.25) is 4.79 Å². The van der Waals surface area contributed by atoms with Crippen molar-refractivity contribution in [2.24, 2.45) is 0 Å². The summed E-state index contributed by atoms with van der Waals surface area (Å²) in [6.07, 6.45) is 5.68. The van der Waals surface area contributed by atoms with Crippen molar-refractivity contribution in [2.75, 3.05) is 0 Å². The number of carbonyl (C=O) groups excluding carboxylic acids is 1. The van der Waals surface area contributed by atoms with E-state index in [1.165, 1.54) is 12.2 Å². The van der Waals surface area contributed by atoms with E-state index in [0.29, 0.717) is 11.1 Å². The number of aromatic amines is 1. The Balaban J connectivity index is 2.54. The fourth-order valence-electron chi connectivity index (χ4n) is 1.74. The Morgan fingerprint density at radius 1 is 1.35 bits per heavy atom. The number of carbonyl (C=O) groups is 1. The predicted octanol–water partition coefficient (Wildman–Crippen LogP) is 3.11. The van der Waals surface area contributed by atoms with Crippen LogP contribution in [0.1, 0.15) is 10.4 Å². The molecule has 0 aliphatic rings. The van der Waals surface area contributed by atoms with Crippen molar-refractivity contribution in [1.82, 2.24) is 4.98 Å². The lowest BCUT2D eigenvalue weighted by Crippen LogP contribution is -2.00. The number of rotatable bonds is 4. The Morgan fingerprint density at radius 2 is 2.12 bits per heavy atom. The Hall–Kier alpha value is -2.42. The van der Waals surface area contributed by atoms with Crippen molar-refractivity contribution in [3.8, 4) is 0 Å². The van der Waals surface area contributed by atoms with Crippen LogP contribution in [0.2, 0.25) is 0 Å². The van der Waals surface area contributed by atoms with Gasteiger partial charge in [-0.1, -0.05) is 30.9 Å². The van der Waals surface area contributed by atoms with Crippen molar-refractivity contribution in [3.05, 3.63) is 60.3 Å². The number of Topliss-reactive ketones (excluding diaryl/α,β-unsaturated/α-hetero) is 1. The van der Waals surface area contributed by atoms with Gasteiger partial charge in [0, 0.05) is 34.5 Å². The van der Waals surface area contributed by atoms with Crippen LogP contribution in [0.15, 0.2) is 54.8 Å². The lowest BCUT2D eigenvalue weighted by molar-refractivity contribution is 0.104. The van der Waals surface area contributed by atoms with E-state index in [-0.39, 0.29) is 5.78 Å². The van der Waals surface area contributed by atoms with Gasteiger partial charge in [-0.15, -0.1) is 0 Å². The van der Waals surface area contributed by atoms with Crippen molar-refractivity contribution in [3.63, 3.8) is 0 Å². The molecule has 84 valence electrons. The molecular formula is C14H12N2O. The Morgan fingerprint density at radius 3 is 2.82 bits per heavy atom. The molecule has 17 heavy (non-hydrogen) atoms. The van der Waals surface area contributed by atoms with Gasteiger partial charge in [-0.25, -0.2) is 0 Å². The summed E-state index contributed by atoms with van der Waals surface area (Å²) in [5.74, 6) is -0.124. The number of H-pyrrole nitrogens is 1. The molecule has 0 bridgehead atoms. The van der Waals surface area contributed by atoms with Gasteiger partial charge in [0.1, 0.15) is 0 Å². The highest BCUT2D eigenvalue weighted by Gasteiger charge is 2.13. The number of hydrogen-bond donors (Lipinski definition) is 2. The van der Waals surface area contributed by atoms with E-state index in [1.54, 1.807) is 6.20 Å². The van der Waals surface area contributed by atoms with E-state index in [4.69, 9.17) is 5.41 Å². The third-order valence-corrected chi connectivity index (χ3v) is 2.58. The van der Waals surface area contributed by atoms with Gasteiger partial charge in [0.05, 0.1) is 0 Å². The zero-order valence-corrected chi connectivity index (χ0v) is 9.23. The summed E-state index contributed by atoms with van der Waals surface area (Å²) in [4.78, 5) is 15.2. The second-order valence-corrected chi connectivity index (χ2v) is 3.57. The molecule has 0 radical (unpaired) electrons. The summed E-state index contributed by atoms with van der Waals surface area (Å²) >= 11 is 0. The smallest absolute Gasteiger partial charge is 0.195 e. The first-order valence-electron chi connectivity index (χ1n) is 5.22. The first-order chi connectivity index (χ1) is 8.27. The SMILES string of the molecule is C=C/C(=C\C=N)C(=O)c1c[nH]c2ccccc12. The van der Waals surface area contributed by atoms with Crippen LogP contribution in [0.5, 0.6) is 0 Å². The largest absolute Gasteiger partial charge is 0.360 e. The van der Waals surface area contributed by atoms with E-state index < -0.39 is 0 Å². The van der Waals surface area contributed by atoms with E-state index in [2.05, 4.69) is 11.6 Å². The van der Waals surface area contributed by atoms with E-state index in [0.717, 1.165) is 17.1 Å². The Bertz CT molecular complexity index is 620. The molecule has 0 atom stereocenters. The molecule has 3 nitrogen and oxygen atoms in total. The number of fused-ring (bicyclic) bond motifs is 1. The van der Waals surface area contributed by atoms with Gasteiger partial charge < -0.3 is 10.4 Å². The van der Waals surface area contributed by atoms with Crippen LogP contribution in [-0.2, 0) is 0 Å². The quantitative estimate of drug-likeness (QED) is 0.356. The Labute approximate surface area is 99.0 Å². The molecule has 0 aliphatic carbocycles. The average molecular weight is 224 g/mol. The van der Waals surface area contributed by atoms with Crippen LogP contribution in [0.25, 0.3) is 10.9 Å². The number of nitrogens with one attached hydrogen (secondary N) is 2. The molecular weight excluding hydrogens is 212 g/mol. The summed E-state index contributed by atoms with van der Waals surface area (Å²) in [5, 5.41) is 7.89. The van der Waals surface area contributed by atoms with Gasteiger partial charge >= 0.3 is 0 Å². The number of benzene rings is 1. The molecule has 0 saturated carbocycles. The molecule has 1 aromatic heterocycles. The number of para-hydroxylation sites is 1. The zero-order chi connectivity index (χ0) is 12.3. The molecule has 0 unspecified atom stereocenters. The number of hydrogen-bond acceptors (Lipinski definition) is 2. The molecule has 2 aromatic rings. The molecule has 2 N–H and O–H groups in total. The highest BCUT2D eigenvalue weighted by molar-refractivity contribution is 6.18. The molecule has 3 heteroatoms. The van der Waals surface area contributed by atoms with Gasteiger partial charge in [-0.2, -0.15) is 0 Å². The monoisotopic (exact) mass is 224 g/mol. The molecule has 1 heterocycles. The van der Waals surface area contributed by atoms with Crippen LogP contribution in [0.3, 0.4) is 0 Å². The fraction of sp³-hybridized carbons (Fsp3) is 0. The summed E-state index contributed by atoms with van der Waals surface area (Å²) < 4.78 is 0. The molecule has 0 amide bonds. The lowest BCUT2D eigenvalue weighted by atomic mass is 10.0. The topological polar surface area (TPSA) is 56.7 Å². The Kier molecular flexibility index (Phi) is 3.01. The van der Waals surface area contributed by atoms with Crippen molar-refractivity contribution in [1.29, 1.82) is 5.41 Å². The third-order valence-electron chi connectivity index (χ3n) is 2.58. The van der Waals surface area contributed by atoms with Crippen molar-refractivity contribution in [2.45, 2.75) is 0 Å². The maximum absolute atomic E-state index is 12.2. The van der Waals surface area contributed by atoms with Crippen LogP contribution in [0, 0.1) is 5.41 Å². The van der Waals surface area contributed by atoms with Crippen molar-refractivity contribution >= 4 is 22.9 Å². The van der Waals surface area contributed by atoms with Crippen LogP contribution in [0.4, 0.5) is 0 Å². The standard InChI is InChI=1S/C14H12N2O/c1-2-10(7-8-15)14(17)12-9-16-13-6-4-3-5-11(12)13/h2-9,15-16H,1H2/b10-7+,15-8?. The molecule has 0 aliphatic heterocycles. The second-order valence-electron chi connectivity index (χ2n) is 3.57. The highest BCUT2D eigenvalue weighted by atomic mass is 16.1. The maximum Gasteiger partial charge on any atom is 0.195 e. The van der Waals surface area contributed by atoms with Crippen molar-refractivity contribution < 1.29 is 4.79 Å². The van der Waals surface area contributed by atoms with Gasteiger partial charge in [0.15, 0.2) is 5.78 Å². The summed E-state index contributed by atoms with van der Waals surface area (Å²) in [6.45, 7) is 3.59. The number of allylic oxidation sites excluding steroid dienone is 3. The number of aromatic nitrogens is 1. The third kappa shape index (κ3) is 1.95. The van der Waals surface area contributed by atoms with Crippen LogP contribution >= 0.6 is 0 Å². The minimum Gasteiger partial charge on any atom is -0.360 e. The molecule has 2 rings (SSSR count). The second kappa shape index (κ2) is 4.61. The van der Waals surface area contributed by atoms with E-state index in [1.807, 2.05) is 24.3 Å². The van der Waals surface area contributed by atoms with Gasteiger partial charge in [-0.05, 0) is 12.1 Å². The summed E-state index contributed by atoms with van der Waals surface area (Å²) in [5.41, 5.74) is 1.95. The number of ketones is 1. The minimum atomic E-state index is -0.124. The summed E-state index contributed by atoms with van der Waals surface area (Å²) in [6, 6.07) is 7.61. The lowest BCUT2D eigenvalue weighted by Gasteiger charge is -1.98. The molecule has 0 fully saturated rings. The first-order valence-corrected chi connectivity index (χ1v) is 5.22. The molecule has 0 saturated heterocycles. The maximum atomic E-state index is 12.2. The van der Waals surface area contributed by atoms with E-state index >= 15 is 0 Å². The highest BCUT2D eigenvalue weighted by Crippen LogP contribution is 2.20. The predicted molar refractivity (Wildman–Crippen MR) is 69.7 cm³/mol. The fourth-order valence-corrected chi connectivity index (χ4v) is 1.74. The van der Waals surface area contributed by atoms with Crippen LogP contribution in [-0.4, -0.2) is 17.0 Å². The minimum absolute atomic E-state index is 0.124. The molecule has 1 aromatic carbocycles. The molecule has 0 spiro atoms. The van der Waals surface area contributed by atoms with Gasteiger partial charge in [0.2, 0.25) is 0 Å². The first kappa shape index (κ1) is 11.1. The normalized spacial score (nSPS) is 11.4. The van der Waals surface area contributed by atoms with Gasteiger partial charge in [0.25, 0.3) is 0 Å². The van der Waals surface area contributed by atoms with Crippen LogP contribution < -0.4 is 0 Å². The zero-order valence-electron chi connectivity index (χ0n) is 9.23. The van der Waals surface area contributed by atoms with E-state index in [9.17, 15) is 4.79 Å². The average Bonchev–Trinajstić information content (AvgIpc) is 2.79.